The number of methoxy groups -OCH3 is 1. The molecule has 0 radical (unpaired) electrons. The first-order chi connectivity index (χ1) is 15.7. The zero-order valence-corrected chi connectivity index (χ0v) is 18.4. The van der Waals surface area contributed by atoms with Gasteiger partial charge < -0.3 is 24.8 Å². The van der Waals surface area contributed by atoms with Gasteiger partial charge >= 0.3 is 0 Å². The van der Waals surface area contributed by atoms with Gasteiger partial charge in [-0.05, 0) is 42.7 Å². The maximum Gasteiger partial charge on any atom is 0.243 e. The van der Waals surface area contributed by atoms with E-state index in [1.165, 1.54) is 5.56 Å². The lowest BCUT2D eigenvalue weighted by molar-refractivity contribution is -0.114. The van der Waals surface area contributed by atoms with Crippen LogP contribution < -0.4 is 20.1 Å². The highest BCUT2D eigenvalue weighted by Crippen LogP contribution is 2.19. The van der Waals surface area contributed by atoms with Crippen LogP contribution in [0.5, 0.6) is 11.5 Å². The van der Waals surface area contributed by atoms with Gasteiger partial charge in [0.25, 0.3) is 0 Å². The minimum absolute atomic E-state index is 0.145. The zero-order valence-electron chi connectivity index (χ0n) is 18.4. The SMILES string of the molecule is COCCOc1cccc(NC(=O)CNc2cccc(OCCCc3ccccc3)c2)c1. The van der Waals surface area contributed by atoms with Crippen LogP contribution in [-0.2, 0) is 16.0 Å². The van der Waals surface area contributed by atoms with Crippen LogP contribution in [0.3, 0.4) is 0 Å². The zero-order chi connectivity index (χ0) is 22.4. The van der Waals surface area contributed by atoms with Crippen LogP contribution in [0.2, 0.25) is 0 Å². The second-order valence-electron chi connectivity index (χ2n) is 7.24. The molecule has 2 N–H and O–H groups in total. The van der Waals surface area contributed by atoms with E-state index in [1.54, 1.807) is 13.2 Å². The highest BCUT2D eigenvalue weighted by atomic mass is 16.5. The molecule has 0 atom stereocenters. The Bertz CT molecular complexity index is 963. The number of benzene rings is 3. The highest BCUT2D eigenvalue weighted by molar-refractivity contribution is 5.93. The first kappa shape index (κ1) is 23.2. The van der Waals surface area contributed by atoms with Crippen molar-refractivity contribution in [2.45, 2.75) is 12.8 Å². The average Bonchev–Trinajstić information content (AvgIpc) is 2.82. The lowest BCUT2D eigenvalue weighted by atomic mass is 10.1. The molecule has 6 heteroatoms. The second-order valence-corrected chi connectivity index (χ2v) is 7.24. The topological polar surface area (TPSA) is 68.8 Å². The Labute approximate surface area is 189 Å². The van der Waals surface area contributed by atoms with Crippen molar-refractivity contribution >= 4 is 17.3 Å². The molecule has 3 rings (SSSR count). The van der Waals surface area contributed by atoms with Gasteiger partial charge in [0.2, 0.25) is 5.91 Å². The summed E-state index contributed by atoms with van der Waals surface area (Å²) in [4.78, 5) is 12.3. The second kappa shape index (κ2) is 13.0. The maximum absolute atomic E-state index is 12.3. The number of hydrogen-bond donors (Lipinski definition) is 2. The molecule has 0 aliphatic carbocycles. The molecule has 3 aromatic carbocycles. The molecule has 0 aliphatic rings. The Morgan fingerprint density at radius 3 is 2.22 bits per heavy atom. The van der Waals surface area contributed by atoms with E-state index in [9.17, 15) is 4.79 Å². The highest BCUT2D eigenvalue weighted by Gasteiger charge is 2.05. The van der Waals surface area contributed by atoms with Gasteiger partial charge in [-0.1, -0.05) is 42.5 Å². The Balaban J connectivity index is 1.40. The van der Waals surface area contributed by atoms with Crippen molar-refractivity contribution in [2.24, 2.45) is 0 Å². The molecule has 32 heavy (non-hydrogen) atoms. The van der Waals surface area contributed by atoms with Crippen LogP contribution in [0.4, 0.5) is 11.4 Å². The average molecular weight is 435 g/mol. The van der Waals surface area contributed by atoms with Crippen molar-refractivity contribution in [3.05, 3.63) is 84.4 Å². The van der Waals surface area contributed by atoms with Gasteiger partial charge in [0.05, 0.1) is 19.8 Å². The summed E-state index contributed by atoms with van der Waals surface area (Å²) in [6.07, 6.45) is 1.93. The minimum atomic E-state index is -0.145. The standard InChI is InChI=1S/C26H30N2O4/c1-30-16-17-32-25-14-6-12-23(19-25)28-26(29)20-27-22-11-5-13-24(18-22)31-15-7-10-21-8-3-2-4-9-21/h2-6,8-9,11-14,18-19,27H,7,10,15-17,20H2,1H3,(H,28,29). The number of ether oxygens (including phenoxy) is 3. The van der Waals surface area contributed by atoms with E-state index in [4.69, 9.17) is 14.2 Å². The fourth-order valence-corrected chi connectivity index (χ4v) is 3.10. The maximum atomic E-state index is 12.3. The number of aryl methyl sites for hydroxylation is 1. The Morgan fingerprint density at radius 1 is 0.781 bits per heavy atom. The number of amides is 1. The van der Waals surface area contributed by atoms with Crippen molar-refractivity contribution in [3.8, 4) is 11.5 Å². The Kier molecular flexibility index (Phi) is 9.42. The molecule has 6 nitrogen and oxygen atoms in total. The van der Waals surface area contributed by atoms with Crippen LogP contribution in [0.25, 0.3) is 0 Å². The molecule has 0 saturated heterocycles. The first-order valence-corrected chi connectivity index (χ1v) is 10.8. The predicted octanol–water partition coefficient (Wildman–Crippen LogP) is 4.77. The summed E-state index contributed by atoms with van der Waals surface area (Å²) in [5.74, 6) is 1.32. The number of carbonyl (C=O) groups is 1. The van der Waals surface area contributed by atoms with Gasteiger partial charge in [0.15, 0.2) is 0 Å². The monoisotopic (exact) mass is 434 g/mol. The van der Waals surface area contributed by atoms with Crippen LogP contribution in [0.15, 0.2) is 78.9 Å². The molecule has 3 aromatic rings. The van der Waals surface area contributed by atoms with Gasteiger partial charge in [-0.3, -0.25) is 4.79 Å². The van der Waals surface area contributed by atoms with Crippen LogP contribution >= 0.6 is 0 Å². The van der Waals surface area contributed by atoms with Gasteiger partial charge in [-0.2, -0.15) is 0 Å². The fourth-order valence-electron chi connectivity index (χ4n) is 3.10. The van der Waals surface area contributed by atoms with Gasteiger partial charge in [0, 0.05) is 30.6 Å². The van der Waals surface area contributed by atoms with E-state index >= 15 is 0 Å². The number of rotatable bonds is 13. The summed E-state index contributed by atoms with van der Waals surface area (Å²) in [7, 11) is 1.63. The van der Waals surface area contributed by atoms with Crippen molar-refractivity contribution < 1.29 is 19.0 Å². The summed E-state index contributed by atoms with van der Waals surface area (Å²) in [5.41, 5.74) is 2.82. The molecule has 0 aliphatic heterocycles. The van der Waals surface area contributed by atoms with Crippen LogP contribution in [0.1, 0.15) is 12.0 Å². The smallest absolute Gasteiger partial charge is 0.243 e. The van der Waals surface area contributed by atoms with E-state index in [0.29, 0.717) is 31.3 Å². The van der Waals surface area contributed by atoms with E-state index in [-0.39, 0.29) is 12.5 Å². The third kappa shape index (κ3) is 8.32. The summed E-state index contributed by atoms with van der Waals surface area (Å²) >= 11 is 0. The molecule has 168 valence electrons. The molecular weight excluding hydrogens is 404 g/mol. The van der Waals surface area contributed by atoms with Crippen molar-refractivity contribution in [3.63, 3.8) is 0 Å². The summed E-state index contributed by atoms with van der Waals surface area (Å²) in [5, 5.41) is 6.01. The van der Waals surface area contributed by atoms with Crippen molar-refractivity contribution in [1.29, 1.82) is 0 Å². The van der Waals surface area contributed by atoms with E-state index < -0.39 is 0 Å². The molecular formula is C26H30N2O4. The van der Waals surface area contributed by atoms with Crippen molar-refractivity contribution in [1.82, 2.24) is 0 Å². The molecule has 0 fully saturated rings. The third-order valence-corrected chi connectivity index (χ3v) is 4.68. The van der Waals surface area contributed by atoms with E-state index in [1.807, 2.05) is 48.5 Å². The number of nitrogens with one attached hydrogen (secondary N) is 2. The molecule has 0 aromatic heterocycles. The van der Waals surface area contributed by atoms with Crippen LogP contribution in [0, 0.1) is 0 Å². The third-order valence-electron chi connectivity index (χ3n) is 4.68. The Morgan fingerprint density at radius 2 is 1.47 bits per heavy atom. The van der Waals surface area contributed by atoms with E-state index in [0.717, 1.165) is 24.3 Å². The van der Waals surface area contributed by atoms with E-state index in [2.05, 4.69) is 34.9 Å². The summed E-state index contributed by atoms with van der Waals surface area (Å²) in [6.45, 7) is 1.75. The lowest BCUT2D eigenvalue weighted by Crippen LogP contribution is -2.21. The number of hydrogen-bond acceptors (Lipinski definition) is 5. The molecule has 0 unspecified atom stereocenters. The number of anilines is 2. The predicted molar refractivity (Wildman–Crippen MR) is 128 cm³/mol. The molecule has 0 saturated carbocycles. The lowest BCUT2D eigenvalue weighted by Gasteiger charge is -2.11. The summed E-state index contributed by atoms with van der Waals surface area (Å²) < 4.78 is 16.4. The molecule has 0 bridgehead atoms. The first-order valence-electron chi connectivity index (χ1n) is 10.8. The molecule has 0 spiro atoms. The van der Waals surface area contributed by atoms with Gasteiger partial charge in [-0.15, -0.1) is 0 Å². The van der Waals surface area contributed by atoms with Gasteiger partial charge in [0.1, 0.15) is 18.1 Å². The normalized spacial score (nSPS) is 10.4. The molecule has 1 amide bonds. The molecule has 0 heterocycles. The quantitative estimate of drug-likeness (QED) is 0.379. The van der Waals surface area contributed by atoms with Crippen LogP contribution in [-0.4, -0.2) is 39.4 Å². The largest absolute Gasteiger partial charge is 0.494 e. The summed E-state index contributed by atoms with van der Waals surface area (Å²) in [6, 6.07) is 25.3. The van der Waals surface area contributed by atoms with Crippen molar-refractivity contribution in [2.75, 3.05) is 44.1 Å². The Hall–Kier alpha value is -3.51. The van der Waals surface area contributed by atoms with Gasteiger partial charge in [-0.25, -0.2) is 0 Å². The fraction of sp³-hybridized carbons (Fsp3) is 0.269. The number of carbonyl (C=O) groups excluding carboxylic acids is 1. The minimum Gasteiger partial charge on any atom is -0.494 e.